The van der Waals surface area contributed by atoms with Crippen molar-refractivity contribution in [3.05, 3.63) is 52.0 Å². The molecule has 1 amide bonds. The van der Waals surface area contributed by atoms with E-state index < -0.39 is 0 Å². The summed E-state index contributed by atoms with van der Waals surface area (Å²) in [6.07, 6.45) is 4.75. The lowest BCUT2D eigenvalue weighted by Gasteiger charge is -2.16. The molecular weight excluding hydrogens is 406 g/mol. The summed E-state index contributed by atoms with van der Waals surface area (Å²) in [6.45, 7) is 8.12. The van der Waals surface area contributed by atoms with Crippen molar-refractivity contribution in [3.63, 3.8) is 0 Å². The first-order valence-electron chi connectivity index (χ1n) is 11.4. The minimum atomic E-state index is 0.256. The van der Waals surface area contributed by atoms with Crippen LogP contribution >= 0.6 is 11.3 Å². The molecule has 1 aromatic carbocycles. The van der Waals surface area contributed by atoms with Gasteiger partial charge in [0.05, 0.1) is 5.01 Å². The Labute approximate surface area is 190 Å². The average Bonchev–Trinajstić information content (AvgIpc) is 3.35. The zero-order valence-electron chi connectivity index (χ0n) is 18.8. The molecule has 1 saturated heterocycles. The van der Waals surface area contributed by atoms with Crippen LogP contribution in [0.25, 0.3) is 0 Å². The molecule has 1 unspecified atom stereocenters. The maximum absolute atomic E-state index is 12.4. The minimum Gasteiger partial charge on any atom is -0.357 e. The van der Waals surface area contributed by atoms with Crippen LogP contribution in [0.15, 0.2) is 40.7 Å². The van der Waals surface area contributed by atoms with Gasteiger partial charge in [-0.15, -0.1) is 11.3 Å². The largest absolute Gasteiger partial charge is 0.357 e. The van der Waals surface area contributed by atoms with E-state index in [1.54, 1.807) is 11.3 Å². The molecule has 1 atom stereocenters. The molecule has 1 aliphatic rings. The monoisotopic (exact) mass is 441 g/mol. The molecule has 0 spiro atoms. The molecule has 3 rings (SSSR count). The fourth-order valence-corrected chi connectivity index (χ4v) is 4.61. The summed E-state index contributed by atoms with van der Waals surface area (Å²) in [4.78, 5) is 23.6. The van der Waals surface area contributed by atoms with Gasteiger partial charge in [-0.25, -0.2) is 4.98 Å². The van der Waals surface area contributed by atoms with Gasteiger partial charge in [0.25, 0.3) is 0 Å². The number of nitrogens with one attached hydrogen (secondary N) is 2. The summed E-state index contributed by atoms with van der Waals surface area (Å²) in [7, 11) is 0. The summed E-state index contributed by atoms with van der Waals surface area (Å²) in [5.41, 5.74) is 2.39. The maximum Gasteiger partial charge on any atom is 0.223 e. The van der Waals surface area contributed by atoms with E-state index in [1.165, 1.54) is 10.6 Å². The molecule has 1 aromatic heterocycles. The first-order chi connectivity index (χ1) is 15.1. The van der Waals surface area contributed by atoms with E-state index in [2.05, 4.69) is 40.1 Å². The Balaban J connectivity index is 1.37. The number of carbonyl (C=O) groups excluding carboxylic acids is 1. The Kier molecular flexibility index (Phi) is 9.34. The van der Waals surface area contributed by atoms with Gasteiger partial charge in [0.15, 0.2) is 5.96 Å². The summed E-state index contributed by atoms with van der Waals surface area (Å²) >= 11 is 1.75. The molecule has 1 aliphatic heterocycles. The first-order valence-corrected chi connectivity index (χ1v) is 12.3. The Morgan fingerprint density at radius 3 is 2.81 bits per heavy atom. The number of guanidine groups is 1. The topological polar surface area (TPSA) is 69.6 Å². The lowest BCUT2D eigenvalue weighted by Crippen LogP contribution is -2.38. The number of aliphatic imine (C=N–C) groups is 1. The predicted octanol–water partition coefficient (Wildman–Crippen LogP) is 3.42. The van der Waals surface area contributed by atoms with Gasteiger partial charge in [-0.2, -0.15) is 0 Å². The smallest absolute Gasteiger partial charge is 0.223 e. The highest BCUT2D eigenvalue weighted by molar-refractivity contribution is 7.09. The zero-order valence-corrected chi connectivity index (χ0v) is 19.6. The molecule has 2 heterocycles. The van der Waals surface area contributed by atoms with E-state index >= 15 is 0 Å². The van der Waals surface area contributed by atoms with Crippen LogP contribution in [0.3, 0.4) is 0 Å². The standard InChI is InChI=1S/C24H35N5OS/c1-3-25-24(26-13-8-7-11-22-28-19(2)18-31-22)27-16-21-15-23(30)29(17-21)14-12-20-9-5-4-6-10-20/h4-6,9-10,18,21H,3,7-8,11-17H2,1-2H3,(H2,25,26,27). The first kappa shape index (κ1) is 23.3. The van der Waals surface area contributed by atoms with Crippen LogP contribution < -0.4 is 10.6 Å². The van der Waals surface area contributed by atoms with Crippen LogP contribution in [0.5, 0.6) is 0 Å². The Bertz CT molecular complexity index is 836. The van der Waals surface area contributed by atoms with Crippen LogP contribution in [0.4, 0.5) is 0 Å². The fraction of sp³-hybridized carbons (Fsp3) is 0.542. The van der Waals surface area contributed by atoms with Gasteiger partial charge in [-0.1, -0.05) is 30.3 Å². The van der Waals surface area contributed by atoms with Gasteiger partial charge in [0, 0.05) is 56.1 Å². The molecule has 0 radical (unpaired) electrons. The Hall–Kier alpha value is -2.41. The van der Waals surface area contributed by atoms with Gasteiger partial charge in [0.1, 0.15) is 0 Å². The van der Waals surface area contributed by atoms with E-state index in [9.17, 15) is 4.79 Å². The second-order valence-corrected chi connectivity index (χ2v) is 9.07. The summed E-state index contributed by atoms with van der Waals surface area (Å²) < 4.78 is 0. The molecule has 168 valence electrons. The third kappa shape index (κ3) is 7.98. The molecule has 0 saturated carbocycles. The number of hydrogen-bond donors (Lipinski definition) is 2. The third-order valence-corrected chi connectivity index (χ3v) is 6.46. The number of hydrogen-bond acceptors (Lipinski definition) is 4. The van der Waals surface area contributed by atoms with E-state index in [-0.39, 0.29) is 5.91 Å². The van der Waals surface area contributed by atoms with Crippen molar-refractivity contribution in [3.8, 4) is 0 Å². The number of aromatic nitrogens is 1. The lowest BCUT2D eigenvalue weighted by atomic mass is 10.1. The molecule has 6 nitrogen and oxygen atoms in total. The Morgan fingerprint density at radius 1 is 1.23 bits per heavy atom. The number of unbranched alkanes of at least 4 members (excludes halogenated alkanes) is 1. The summed E-state index contributed by atoms with van der Waals surface area (Å²) in [5.74, 6) is 1.40. The van der Waals surface area contributed by atoms with Crippen molar-refractivity contribution in [2.75, 3.05) is 32.7 Å². The van der Waals surface area contributed by atoms with Crippen molar-refractivity contribution in [2.45, 2.75) is 46.0 Å². The molecular formula is C24H35N5OS. The second-order valence-electron chi connectivity index (χ2n) is 8.13. The van der Waals surface area contributed by atoms with E-state index in [1.807, 2.05) is 30.0 Å². The van der Waals surface area contributed by atoms with Crippen LogP contribution in [-0.4, -0.2) is 54.5 Å². The van der Waals surface area contributed by atoms with Crippen molar-refractivity contribution in [2.24, 2.45) is 10.9 Å². The highest BCUT2D eigenvalue weighted by Gasteiger charge is 2.28. The van der Waals surface area contributed by atoms with Crippen molar-refractivity contribution in [1.29, 1.82) is 0 Å². The zero-order chi connectivity index (χ0) is 21.9. The van der Waals surface area contributed by atoms with Gasteiger partial charge in [0.2, 0.25) is 5.91 Å². The van der Waals surface area contributed by atoms with Gasteiger partial charge in [-0.05, 0) is 45.1 Å². The number of aryl methyl sites for hydroxylation is 2. The van der Waals surface area contributed by atoms with Crippen molar-refractivity contribution >= 4 is 23.2 Å². The second kappa shape index (κ2) is 12.4. The number of nitrogens with zero attached hydrogens (tertiary/aromatic N) is 3. The Morgan fingerprint density at radius 2 is 2.06 bits per heavy atom. The van der Waals surface area contributed by atoms with Crippen molar-refractivity contribution < 1.29 is 4.79 Å². The highest BCUT2D eigenvalue weighted by Crippen LogP contribution is 2.18. The third-order valence-electron chi connectivity index (χ3n) is 5.44. The molecule has 31 heavy (non-hydrogen) atoms. The number of amides is 1. The lowest BCUT2D eigenvalue weighted by molar-refractivity contribution is -0.127. The van der Waals surface area contributed by atoms with E-state index in [4.69, 9.17) is 4.99 Å². The maximum atomic E-state index is 12.4. The molecule has 2 N–H and O–H groups in total. The summed E-state index contributed by atoms with van der Waals surface area (Å²) in [6, 6.07) is 10.4. The average molecular weight is 442 g/mol. The fourth-order valence-electron chi connectivity index (χ4n) is 3.79. The van der Waals surface area contributed by atoms with Gasteiger partial charge in [-0.3, -0.25) is 9.79 Å². The molecule has 2 aromatic rings. The van der Waals surface area contributed by atoms with Gasteiger partial charge < -0.3 is 15.5 Å². The molecule has 0 aliphatic carbocycles. The SMILES string of the molecule is CCNC(=NCC1CC(=O)N(CCc2ccccc2)C1)NCCCCc1nc(C)cs1. The number of carbonyl (C=O) groups is 1. The van der Waals surface area contributed by atoms with E-state index in [0.717, 1.165) is 63.5 Å². The highest BCUT2D eigenvalue weighted by atomic mass is 32.1. The number of benzene rings is 1. The van der Waals surface area contributed by atoms with Crippen LogP contribution in [0, 0.1) is 12.8 Å². The molecule has 0 bridgehead atoms. The molecule has 1 fully saturated rings. The predicted molar refractivity (Wildman–Crippen MR) is 129 cm³/mol. The van der Waals surface area contributed by atoms with E-state index in [0.29, 0.717) is 18.9 Å². The normalized spacial score (nSPS) is 16.7. The molecule has 7 heteroatoms. The number of thiazole rings is 1. The van der Waals surface area contributed by atoms with Gasteiger partial charge >= 0.3 is 0 Å². The van der Waals surface area contributed by atoms with Crippen molar-refractivity contribution in [1.82, 2.24) is 20.5 Å². The quantitative estimate of drug-likeness (QED) is 0.318. The van der Waals surface area contributed by atoms with Crippen LogP contribution in [0.1, 0.15) is 42.5 Å². The summed E-state index contributed by atoms with van der Waals surface area (Å²) in [5, 5.41) is 10.1. The number of likely N-dealkylation sites (tertiary alicyclic amines) is 1. The number of rotatable bonds is 11. The van der Waals surface area contributed by atoms with Crippen LogP contribution in [0.2, 0.25) is 0 Å². The minimum absolute atomic E-state index is 0.256. The van der Waals surface area contributed by atoms with Crippen LogP contribution in [-0.2, 0) is 17.6 Å².